The summed E-state index contributed by atoms with van der Waals surface area (Å²) in [5, 5.41) is 23.5. The van der Waals surface area contributed by atoms with Crippen molar-refractivity contribution in [3.05, 3.63) is 71.2 Å². The third kappa shape index (κ3) is 4.51. The van der Waals surface area contributed by atoms with Crippen LogP contribution in [0.2, 0.25) is 0 Å². The molecule has 8 nitrogen and oxygen atoms in total. The number of pyridine rings is 1. The van der Waals surface area contributed by atoms with Gasteiger partial charge < -0.3 is 14.4 Å². The highest BCUT2D eigenvalue weighted by molar-refractivity contribution is 5.84. The van der Waals surface area contributed by atoms with Gasteiger partial charge in [0.15, 0.2) is 5.60 Å². The quantitative estimate of drug-likeness (QED) is 0.414. The summed E-state index contributed by atoms with van der Waals surface area (Å²) in [6.45, 7) is 5.04. The van der Waals surface area contributed by atoms with Crippen LogP contribution in [0.25, 0.3) is 11.3 Å². The molecule has 0 spiro atoms. The molecule has 0 aliphatic rings. The summed E-state index contributed by atoms with van der Waals surface area (Å²) in [4.78, 5) is 16.6. The first kappa shape index (κ1) is 20.7. The van der Waals surface area contributed by atoms with Gasteiger partial charge in [-0.05, 0) is 38.0 Å². The number of nitrogens with zero attached hydrogens (tertiary/aromatic N) is 2. The Kier molecular flexibility index (Phi) is 6.07. The molecule has 3 aromatic rings. The average molecular weight is 397 g/mol. The van der Waals surface area contributed by atoms with Gasteiger partial charge in [0.05, 0.1) is 12.3 Å². The van der Waals surface area contributed by atoms with Gasteiger partial charge in [-0.1, -0.05) is 35.5 Å². The maximum Gasteiger partial charge on any atom is 0.278 e. The minimum absolute atomic E-state index is 0.0272. The molecule has 1 aromatic carbocycles. The molecule has 2 unspecified atom stereocenters. The zero-order valence-electron chi connectivity index (χ0n) is 16.4. The predicted molar refractivity (Wildman–Crippen MR) is 104 cm³/mol. The number of aliphatic hydroxyl groups excluding tert-OH is 1. The third-order valence-electron chi connectivity index (χ3n) is 4.70. The van der Waals surface area contributed by atoms with Crippen LogP contribution in [-0.2, 0) is 16.1 Å². The molecule has 0 aliphatic heterocycles. The summed E-state index contributed by atoms with van der Waals surface area (Å²) in [5.41, 5.74) is 3.56. The van der Waals surface area contributed by atoms with E-state index in [0.29, 0.717) is 5.76 Å². The van der Waals surface area contributed by atoms with E-state index < -0.39 is 17.6 Å². The number of hydrogen-bond donors (Lipinski definition) is 3. The molecular formula is C21H23N3O5. The summed E-state index contributed by atoms with van der Waals surface area (Å²) in [7, 11) is 0. The molecule has 0 fully saturated rings. The first-order valence-corrected chi connectivity index (χ1v) is 9.05. The fourth-order valence-corrected chi connectivity index (χ4v) is 2.82. The summed E-state index contributed by atoms with van der Waals surface area (Å²) in [5.74, 6) is -0.419. The fourth-order valence-electron chi connectivity index (χ4n) is 2.82. The number of carbonyl (C=O) groups excluding carboxylic acids is 1. The van der Waals surface area contributed by atoms with Gasteiger partial charge in [-0.25, -0.2) is 5.48 Å². The van der Waals surface area contributed by atoms with Crippen LogP contribution >= 0.6 is 0 Å². The van der Waals surface area contributed by atoms with E-state index in [1.807, 2.05) is 43.3 Å². The molecule has 1 amide bonds. The van der Waals surface area contributed by atoms with Gasteiger partial charge in [-0.2, -0.15) is 0 Å². The van der Waals surface area contributed by atoms with Gasteiger partial charge in [0, 0.05) is 17.8 Å². The second-order valence-corrected chi connectivity index (χ2v) is 7.02. The highest BCUT2D eigenvalue weighted by Gasteiger charge is 2.44. The number of aliphatic hydroxyl groups is 1. The molecule has 29 heavy (non-hydrogen) atoms. The van der Waals surface area contributed by atoms with Gasteiger partial charge in [0.1, 0.15) is 17.6 Å². The molecule has 152 valence electrons. The van der Waals surface area contributed by atoms with Crippen LogP contribution in [0.15, 0.2) is 53.2 Å². The van der Waals surface area contributed by atoms with Gasteiger partial charge in [0.2, 0.25) is 0 Å². The van der Waals surface area contributed by atoms with Crippen molar-refractivity contribution in [3.63, 3.8) is 0 Å². The second kappa shape index (κ2) is 8.52. The molecule has 0 radical (unpaired) electrons. The van der Waals surface area contributed by atoms with Crippen molar-refractivity contribution in [1.82, 2.24) is 15.6 Å². The van der Waals surface area contributed by atoms with E-state index in [1.165, 1.54) is 13.0 Å². The van der Waals surface area contributed by atoms with E-state index in [-0.39, 0.29) is 12.3 Å². The lowest BCUT2D eigenvalue weighted by atomic mass is 9.95. The maximum atomic E-state index is 12.2. The van der Waals surface area contributed by atoms with E-state index in [4.69, 9.17) is 14.5 Å². The van der Waals surface area contributed by atoms with E-state index in [1.54, 1.807) is 18.6 Å². The van der Waals surface area contributed by atoms with E-state index in [0.717, 1.165) is 22.4 Å². The summed E-state index contributed by atoms with van der Waals surface area (Å²) in [6.07, 6.45) is 0.362. The normalized spacial score (nSPS) is 14.2. The zero-order valence-corrected chi connectivity index (χ0v) is 16.4. The van der Waals surface area contributed by atoms with Crippen molar-refractivity contribution >= 4 is 5.91 Å². The SMILES string of the molecule is Cc1ccc(-c2ccc(COC(C)(C(=O)NO)C(O)c3cc(C)on3)cc2)nc1. The number of rotatable bonds is 7. The number of carbonyl (C=O) groups is 1. The van der Waals surface area contributed by atoms with E-state index in [9.17, 15) is 9.90 Å². The Balaban J connectivity index is 1.75. The van der Waals surface area contributed by atoms with Gasteiger partial charge in [-0.15, -0.1) is 0 Å². The van der Waals surface area contributed by atoms with E-state index in [2.05, 4.69) is 10.1 Å². The van der Waals surface area contributed by atoms with Gasteiger partial charge >= 0.3 is 0 Å². The molecular weight excluding hydrogens is 374 g/mol. The molecule has 0 saturated carbocycles. The van der Waals surface area contributed by atoms with Crippen LogP contribution in [0, 0.1) is 13.8 Å². The second-order valence-electron chi connectivity index (χ2n) is 7.02. The molecule has 0 bridgehead atoms. The minimum Gasteiger partial charge on any atom is -0.383 e. The number of aryl methyl sites for hydroxylation is 2. The molecule has 2 heterocycles. The molecule has 0 aliphatic carbocycles. The van der Waals surface area contributed by atoms with Crippen molar-refractivity contribution in [2.24, 2.45) is 0 Å². The predicted octanol–water partition coefficient (Wildman–Crippen LogP) is 2.87. The van der Waals surface area contributed by atoms with Crippen molar-refractivity contribution in [1.29, 1.82) is 0 Å². The average Bonchev–Trinajstić information content (AvgIpc) is 3.18. The van der Waals surface area contributed by atoms with E-state index >= 15 is 0 Å². The van der Waals surface area contributed by atoms with Crippen molar-refractivity contribution in [2.45, 2.75) is 39.1 Å². The Hall–Kier alpha value is -3.07. The van der Waals surface area contributed by atoms with Gasteiger partial charge in [-0.3, -0.25) is 15.0 Å². The summed E-state index contributed by atoms with van der Waals surface area (Å²) < 4.78 is 10.7. The maximum absolute atomic E-state index is 12.2. The van der Waals surface area contributed by atoms with Crippen LogP contribution in [0.4, 0.5) is 0 Å². The smallest absolute Gasteiger partial charge is 0.278 e. The summed E-state index contributed by atoms with van der Waals surface area (Å²) in [6, 6.07) is 12.9. The summed E-state index contributed by atoms with van der Waals surface area (Å²) >= 11 is 0. The Morgan fingerprint density at radius 2 is 1.97 bits per heavy atom. The zero-order chi connectivity index (χ0) is 21.0. The number of benzene rings is 1. The van der Waals surface area contributed by atoms with Crippen LogP contribution in [0.1, 0.15) is 35.6 Å². The Bertz CT molecular complexity index is 969. The number of hydrogen-bond acceptors (Lipinski definition) is 7. The fraction of sp³-hybridized carbons (Fsp3) is 0.286. The Morgan fingerprint density at radius 1 is 1.24 bits per heavy atom. The van der Waals surface area contributed by atoms with Crippen molar-refractivity contribution in [3.8, 4) is 11.3 Å². The lowest BCUT2D eigenvalue weighted by Gasteiger charge is -2.31. The number of amides is 1. The largest absolute Gasteiger partial charge is 0.383 e. The third-order valence-corrected chi connectivity index (χ3v) is 4.70. The molecule has 0 saturated heterocycles. The number of ether oxygens (including phenoxy) is 1. The number of aromatic nitrogens is 2. The van der Waals surface area contributed by atoms with Crippen LogP contribution in [-0.4, -0.2) is 32.0 Å². The molecule has 2 aromatic heterocycles. The standard InChI is InChI=1S/C21H23N3O5/c1-13-4-9-17(22-11-13)16-7-5-15(6-8-16)12-28-21(3,20(26)23-27)19(25)18-10-14(2)29-24-18/h4-11,19,25,27H,12H2,1-3H3,(H,23,26). The number of hydroxylamine groups is 1. The van der Waals surface area contributed by atoms with Crippen LogP contribution in [0.5, 0.6) is 0 Å². The topological polar surface area (TPSA) is 118 Å². The number of nitrogens with one attached hydrogen (secondary N) is 1. The minimum atomic E-state index is -1.78. The van der Waals surface area contributed by atoms with Gasteiger partial charge in [0.25, 0.3) is 5.91 Å². The molecule has 3 rings (SSSR count). The van der Waals surface area contributed by atoms with Crippen molar-refractivity contribution in [2.75, 3.05) is 0 Å². The van der Waals surface area contributed by atoms with Crippen LogP contribution < -0.4 is 5.48 Å². The first-order chi connectivity index (χ1) is 13.8. The van der Waals surface area contributed by atoms with Crippen molar-refractivity contribution < 1.29 is 24.4 Å². The lowest BCUT2D eigenvalue weighted by molar-refractivity contribution is -0.174. The Morgan fingerprint density at radius 3 is 2.52 bits per heavy atom. The lowest BCUT2D eigenvalue weighted by Crippen LogP contribution is -2.50. The highest BCUT2D eigenvalue weighted by Crippen LogP contribution is 2.30. The first-order valence-electron chi connectivity index (χ1n) is 9.05. The highest BCUT2D eigenvalue weighted by atomic mass is 16.5. The molecule has 2 atom stereocenters. The molecule has 8 heteroatoms. The monoisotopic (exact) mass is 397 g/mol. The molecule has 3 N–H and O–H groups in total. The van der Waals surface area contributed by atoms with Crippen LogP contribution in [0.3, 0.4) is 0 Å². The Labute approximate surface area is 168 Å².